The molecule has 0 radical (unpaired) electrons. The summed E-state index contributed by atoms with van der Waals surface area (Å²) in [7, 11) is 1.34. The number of hydrogen-bond donors (Lipinski definition) is 2. The molecule has 1 amide bonds. The van der Waals surface area contributed by atoms with Crippen molar-refractivity contribution in [2.24, 2.45) is 5.92 Å². The number of carbonyl (C=O) groups excluding carboxylic acids is 2. The highest BCUT2D eigenvalue weighted by Gasteiger charge is 2.35. The number of amides is 1. The van der Waals surface area contributed by atoms with Crippen LogP contribution in [0.15, 0.2) is 33.9 Å². The molecule has 1 aromatic carbocycles. The lowest BCUT2D eigenvalue weighted by molar-refractivity contribution is -0.138. The Balaban J connectivity index is 2.36. The van der Waals surface area contributed by atoms with Gasteiger partial charge in [0.2, 0.25) is 0 Å². The van der Waals surface area contributed by atoms with Gasteiger partial charge in [-0.25, -0.2) is 9.59 Å². The van der Waals surface area contributed by atoms with Gasteiger partial charge in [-0.05, 0) is 18.1 Å². The number of nitrogen functional groups attached to an aromatic ring is 1. The predicted octanol–water partition coefficient (Wildman–Crippen LogP) is 1.63. The van der Waals surface area contributed by atoms with Crippen LogP contribution in [0.1, 0.15) is 29.8 Å². The molecule has 186 valence electrons. The van der Waals surface area contributed by atoms with Crippen LogP contribution in [0, 0.1) is 5.92 Å². The SMILES string of the molecule is COCCN(C(=O)COC(=O)c1ccccc1C(F)(F)F)c1c(N)n(CC(C)C)c(=O)[nH]c1=O. The van der Waals surface area contributed by atoms with E-state index in [4.69, 9.17) is 15.2 Å². The van der Waals surface area contributed by atoms with Crippen molar-refractivity contribution in [1.82, 2.24) is 9.55 Å². The monoisotopic (exact) mass is 486 g/mol. The number of H-pyrrole nitrogens is 1. The Morgan fingerprint density at radius 2 is 1.85 bits per heavy atom. The lowest BCUT2D eigenvalue weighted by atomic mass is 10.1. The van der Waals surface area contributed by atoms with Crippen LogP contribution in [0.4, 0.5) is 24.7 Å². The predicted molar refractivity (Wildman–Crippen MR) is 117 cm³/mol. The molecule has 34 heavy (non-hydrogen) atoms. The Hall–Kier alpha value is -3.61. The third kappa shape index (κ3) is 6.25. The number of alkyl halides is 3. The second-order valence-electron chi connectivity index (χ2n) is 7.66. The average Bonchev–Trinajstić information content (AvgIpc) is 2.76. The van der Waals surface area contributed by atoms with Gasteiger partial charge in [0.15, 0.2) is 12.3 Å². The normalized spacial score (nSPS) is 11.5. The number of hydrogen-bond acceptors (Lipinski definition) is 7. The molecule has 0 aliphatic heterocycles. The Bertz CT molecular complexity index is 1160. The maximum atomic E-state index is 13.2. The van der Waals surface area contributed by atoms with Crippen molar-refractivity contribution < 1.29 is 32.2 Å². The molecule has 0 saturated heterocycles. The highest BCUT2D eigenvalue weighted by Crippen LogP contribution is 2.32. The summed E-state index contributed by atoms with van der Waals surface area (Å²) in [5, 5.41) is 0. The lowest BCUT2D eigenvalue weighted by Crippen LogP contribution is -2.44. The van der Waals surface area contributed by atoms with E-state index in [-0.39, 0.29) is 37.1 Å². The summed E-state index contributed by atoms with van der Waals surface area (Å²) >= 11 is 0. The second-order valence-corrected chi connectivity index (χ2v) is 7.66. The summed E-state index contributed by atoms with van der Waals surface area (Å²) in [6.45, 7) is 2.50. The first kappa shape index (κ1) is 26.6. The molecule has 1 aromatic heterocycles. The van der Waals surface area contributed by atoms with E-state index in [1.54, 1.807) is 0 Å². The van der Waals surface area contributed by atoms with Crippen molar-refractivity contribution in [2.45, 2.75) is 26.6 Å². The van der Waals surface area contributed by atoms with Gasteiger partial charge in [-0.15, -0.1) is 0 Å². The molecule has 10 nitrogen and oxygen atoms in total. The Morgan fingerprint density at radius 1 is 1.21 bits per heavy atom. The number of ether oxygens (including phenoxy) is 2. The number of nitrogens with zero attached hydrogens (tertiary/aromatic N) is 2. The summed E-state index contributed by atoms with van der Waals surface area (Å²) in [5.74, 6) is -2.65. The number of nitrogens with two attached hydrogens (primary N) is 1. The molecular weight excluding hydrogens is 461 g/mol. The summed E-state index contributed by atoms with van der Waals surface area (Å²) in [6, 6.07) is 3.96. The third-order valence-corrected chi connectivity index (χ3v) is 4.63. The molecule has 2 aromatic rings. The number of rotatable bonds is 9. The van der Waals surface area contributed by atoms with Crippen LogP contribution in [0.5, 0.6) is 0 Å². The highest BCUT2D eigenvalue weighted by molar-refractivity contribution is 5.99. The van der Waals surface area contributed by atoms with Gasteiger partial charge < -0.3 is 15.2 Å². The zero-order valence-electron chi connectivity index (χ0n) is 18.8. The number of esters is 1. The summed E-state index contributed by atoms with van der Waals surface area (Å²) in [6.07, 6.45) is -4.81. The maximum absolute atomic E-state index is 13.2. The van der Waals surface area contributed by atoms with Gasteiger partial charge in [-0.2, -0.15) is 13.2 Å². The van der Waals surface area contributed by atoms with Gasteiger partial charge >= 0.3 is 17.8 Å². The number of methoxy groups -OCH3 is 1. The first-order valence-corrected chi connectivity index (χ1v) is 10.1. The molecule has 1 heterocycles. The summed E-state index contributed by atoms with van der Waals surface area (Å²) in [4.78, 5) is 52.8. The van der Waals surface area contributed by atoms with Crippen LogP contribution in [-0.4, -0.2) is 48.3 Å². The van der Waals surface area contributed by atoms with Crippen LogP contribution in [0.3, 0.4) is 0 Å². The highest BCUT2D eigenvalue weighted by atomic mass is 19.4. The van der Waals surface area contributed by atoms with E-state index in [1.165, 1.54) is 13.2 Å². The zero-order valence-corrected chi connectivity index (χ0v) is 18.8. The van der Waals surface area contributed by atoms with Crippen LogP contribution in [0.25, 0.3) is 0 Å². The Kier molecular flexibility index (Phi) is 8.62. The lowest BCUT2D eigenvalue weighted by Gasteiger charge is -2.24. The van der Waals surface area contributed by atoms with Gasteiger partial charge in [0, 0.05) is 20.2 Å². The van der Waals surface area contributed by atoms with E-state index in [9.17, 15) is 32.3 Å². The minimum Gasteiger partial charge on any atom is -0.452 e. The Morgan fingerprint density at radius 3 is 2.44 bits per heavy atom. The van der Waals surface area contributed by atoms with E-state index in [2.05, 4.69) is 4.98 Å². The molecule has 0 atom stereocenters. The molecule has 0 bridgehead atoms. The van der Waals surface area contributed by atoms with Crippen molar-refractivity contribution in [3.63, 3.8) is 0 Å². The fourth-order valence-electron chi connectivity index (χ4n) is 3.12. The van der Waals surface area contributed by atoms with E-state index >= 15 is 0 Å². The number of benzene rings is 1. The molecular formula is C21H25F3N4O6. The summed E-state index contributed by atoms with van der Waals surface area (Å²) in [5.41, 5.74) is 1.95. The van der Waals surface area contributed by atoms with Crippen molar-refractivity contribution in [2.75, 3.05) is 37.5 Å². The first-order valence-electron chi connectivity index (χ1n) is 10.1. The Labute approximate surface area is 192 Å². The second kappa shape index (κ2) is 11.0. The van der Waals surface area contributed by atoms with E-state index in [0.717, 1.165) is 21.6 Å². The largest absolute Gasteiger partial charge is 0.452 e. The van der Waals surface area contributed by atoms with E-state index in [1.807, 2.05) is 13.8 Å². The van der Waals surface area contributed by atoms with E-state index < -0.39 is 47.0 Å². The van der Waals surface area contributed by atoms with Crippen LogP contribution in [0.2, 0.25) is 0 Å². The average molecular weight is 486 g/mol. The van der Waals surface area contributed by atoms with Crippen molar-refractivity contribution in [3.05, 3.63) is 56.2 Å². The van der Waals surface area contributed by atoms with Crippen molar-refractivity contribution in [1.29, 1.82) is 0 Å². The number of carbonyl (C=O) groups is 2. The van der Waals surface area contributed by atoms with Gasteiger partial charge in [0.05, 0.1) is 17.7 Å². The molecule has 13 heteroatoms. The zero-order chi connectivity index (χ0) is 25.6. The molecule has 0 spiro atoms. The van der Waals surface area contributed by atoms with Gasteiger partial charge in [-0.1, -0.05) is 26.0 Å². The standard InChI is InChI=1S/C21H25F3N4O6/c1-12(2)10-28-17(25)16(18(30)26-20(28)32)27(8-9-33-3)15(29)11-34-19(31)13-6-4-5-7-14(13)21(22,23)24/h4-7,12H,8-11,25H2,1-3H3,(H,26,30,32). The van der Waals surface area contributed by atoms with Gasteiger partial charge in [0.1, 0.15) is 5.82 Å². The van der Waals surface area contributed by atoms with Crippen LogP contribution >= 0.6 is 0 Å². The molecule has 3 N–H and O–H groups in total. The van der Waals surface area contributed by atoms with E-state index in [0.29, 0.717) is 6.07 Å². The quantitative estimate of drug-likeness (QED) is 0.514. The first-order chi connectivity index (χ1) is 15.9. The number of aromatic amines is 1. The molecule has 0 unspecified atom stereocenters. The minimum absolute atomic E-state index is 0.0310. The van der Waals surface area contributed by atoms with Gasteiger partial charge in [0.25, 0.3) is 11.5 Å². The third-order valence-electron chi connectivity index (χ3n) is 4.63. The molecule has 0 saturated carbocycles. The molecule has 2 rings (SSSR count). The fourth-order valence-corrected chi connectivity index (χ4v) is 3.12. The number of halogens is 3. The maximum Gasteiger partial charge on any atom is 0.417 e. The van der Waals surface area contributed by atoms with Crippen molar-refractivity contribution in [3.8, 4) is 0 Å². The molecule has 0 fully saturated rings. The smallest absolute Gasteiger partial charge is 0.417 e. The molecule has 0 aliphatic rings. The topological polar surface area (TPSA) is 137 Å². The number of aromatic nitrogens is 2. The van der Waals surface area contributed by atoms with Gasteiger partial charge in [-0.3, -0.25) is 24.0 Å². The van der Waals surface area contributed by atoms with Crippen molar-refractivity contribution >= 4 is 23.4 Å². The fraction of sp³-hybridized carbons (Fsp3) is 0.429. The minimum atomic E-state index is -4.81. The number of anilines is 2. The van der Waals surface area contributed by atoms with Crippen LogP contribution < -0.4 is 21.9 Å². The number of nitrogens with one attached hydrogen (secondary N) is 1. The van der Waals surface area contributed by atoms with Crippen LogP contribution in [-0.2, 0) is 27.0 Å². The molecule has 0 aliphatic carbocycles. The summed E-state index contributed by atoms with van der Waals surface area (Å²) < 4.78 is 50.3.